The van der Waals surface area contributed by atoms with Crippen LogP contribution in [0, 0.1) is 0 Å². The molecule has 3 nitrogen and oxygen atoms in total. The van der Waals surface area contributed by atoms with Gasteiger partial charge in [0.15, 0.2) is 0 Å². The van der Waals surface area contributed by atoms with Crippen molar-refractivity contribution in [2.24, 2.45) is 0 Å². The molecule has 14 heavy (non-hydrogen) atoms. The summed E-state index contributed by atoms with van der Waals surface area (Å²) >= 11 is 3.37. The van der Waals surface area contributed by atoms with Gasteiger partial charge >= 0.3 is 0 Å². The number of aromatic nitrogens is 2. The molecule has 2 rings (SSSR count). The number of rotatable bonds is 2. The molecule has 0 saturated carbocycles. The highest BCUT2D eigenvalue weighted by Gasteiger charge is 1.99. The Morgan fingerprint density at radius 2 is 2.00 bits per heavy atom. The molecule has 0 saturated heterocycles. The number of benzene rings is 1. The lowest BCUT2D eigenvalue weighted by atomic mass is 10.3. The molecule has 0 spiro atoms. The maximum absolute atomic E-state index is 8.88. The molecule has 0 unspecified atom stereocenters. The molecule has 0 fully saturated rings. The first kappa shape index (κ1) is 9.43. The molecule has 0 aliphatic carbocycles. The summed E-state index contributed by atoms with van der Waals surface area (Å²) in [7, 11) is 0. The molecule has 4 heteroatoms. The summed E-state index contributed by atoms with van der Waals surface area (Å²) in [5.74, 6) is 0. The van der Waals surface area contributed by atoms with Gasteiger partial charge in [-0.2, -0.15) is 5.10 Å². The minimum atomic E-state index is 0.0243. The van der Waals surface area contributed by atoms with Crippen molar-refractivity contribution in [1.82, 2.24) is 9.78 Å². The Kier molecular flexibility index (Phi) is 2.65. The van der Waals surface area contributed by atoms with Crippen LogP contribution in [0.15, 0.2) is 41.1 Å². The monoisotopic (exact) mass is 252 g/mol. The van der Waals surface area contributed by atoms with E-state index in [1.165, 1.54) is 0 Å². The quantitative estimate of drug-likeness (QED) is 0.890. The lowest BCUT2D eigenvalue weighted by Crippen LogP contribution is -1.93. The van der Waals surface area contributed by atoms with Gasteiger partial charge in [0.1, 0.15) is 0 Å². The van der Waals surface area contributed by atoms with E-state index in [1.807, 2.05) is 30.5 Å². The average molecular weight is 253 g/mol. The zero-order chi connectivity index (χ0) is 9.97. The molecule has 0 bridgehead atoms. The van der Waals surface area contributed by atoms with Crippen molar-refractivity contribution in [3.63, 3.8) is 0 Å². The normalized spacial score (nSPS) is 10.4. The Bertz CT molecular complexity index is 422. The van der Waals surface area contributed by atoms with Crippen molar-refractivity contribution in [3.05, 3.63) is 46.7 Å². The zero-order valence-electron chi connectivity index (χ0n) is 7.39. The maximum Gasteiger partial charge on any atom is 0.0712 e. The highest BCUT2D eigenvalue weighted by molar-refractivity contribution is 9.10. The SMILES string of the molecule is OCc1cnn(-c2ccc(Br)cc2)c1. The van der Waals surface area contributed by atoms with E-state index >= 15 is 0 Å². The van der Waals surface area contributed by atoms with Crippen LogP contribution in [0.3, 0.4) is 0 Å². The van der Waals surface area contributed by atoms with Gasteiger partial charge in [0.05, 0.1) is 18.5 Å². The Morgan fingerprint density at radius 1 is 1.29 bits per heavy atom. The van der Waals surface area contributed by atoms with Crippen molar-refractivity contribution in [2.75, 3.05) is 0 Å². The Morgan fingerprint density at radius 3 is 2.57 bits per heavy atom. The molecule has 0 amide bonds. The summed E-state index contributed by atoms with van der Waals surface area (Å²) in [4.78, 5) is 0. The predicted molar refractivity (Wildman–Crippen MR) is 57.2 cm³/mol. The Balaban J connectivity index is 2.34. The number of hydrogen-bond acceptors (Lipinski definition) is 2. The van der Waals surface area contributed by atoms with Crippen molar-refractivity contribution < 1.29 is 5.11 Å². The fourth-order valence-electron chi connectivity index (χ4n) is 1.18. The molecule has 72 valence electrons. The van der Waals surface area contributed by atoms with E-state index < -0.39 is 0 Å². The molecular formula is C10H9BrN2O. The van der Waals surface area contributed by atoms with E-state index in [0.717, 1.165) is 15.7 Å². The van der Waals surface area contributed by atoms with E-state index in [2.05, 4.69) is 21.0 Å². The Labute approximate surface area is 90.1 Å². The van der Waals surface area contributed by atoms with Crippen LogP contribution in [0.25, 0.3) is 5.69 Å². The van der Waals surface area contributed by atoms with Crippen LogP contribution in [-0.4, -0.2) is 14.9 Å². The second kappa shape index (κ2) is 3.94. The lowest BCUT2D eigenvalue weighted by molar-refractivity contribution is 0.282. The van der Waals surface area contributed by atoms with E-state index in [1.54, 1.807) is 10.9 Å². The topological polar surface area (TPSA) is 38.1 Å². The van der Waals surface area contributed by atoms with Gasteiger partial charge in [-0.05, 0) is 24.3 Å². The molecule has 1 heterocycles. The molecule has 0 atom stereocenters. The van der Waals surface area contributed by atoms with E-state index in [0.29, 0.717) is 0 Å². The summed E-state index contributed by atoms with van der Waals surface area (Å²) in [6, 6.07) is 7.82. The summed E-state index contributed by atoms with van der Waals surface area (Å²) in [5.41, 5.74) is 1.79. The van der Waals surface area contributed by atoms with Gasteiger partial charge in [0.2, 0.25) is 0 Å². The molecule has 1 aromatic heterocycles. The first-order valence-corrected chi connectivity index (χ1v) is 4.99. The minimum Gasteiger partial charge on any atom is -0.392 e. The van der Waals surface area contributed by atoms with Gasteiger partial charge in [-0.15, -0.1) is 0 Å². The third-order valence-electron chi connectivity index (χ3n) is 1.91. The van der Waals surface area contributed by atoms with Crippen LogP contribution >= 0.6 is 15.9 Å². The van der Waals surface area contributed by atoms with Gasteiger partial charge in [0, 0.05) is 16.2 Å². The first-order chi connectivity index (χ1) is 6.79. The van der Waals surface area contributed by atoms with Crippen molar-refractivity contribution in [1.29, 1.82) is 0 Å². The molecule has 1 N–H and O–H groups in total. The van der Waals surface area contributed by atoms with Crippen LogP contribution in [0.4, 0.5) is 0 Å². The van der Waals surface area contributed by atoms with Crippen LogP contribution in [0.5, 0.6) is 0 Å². The lowest BCUT2D eigenvalue weighted by Gasteiger charge is -1.99. The fraction of sp³-hybridized carbons (Fsp3) is 0.100. The van der Waals surface area contributed by atoms with Crippen LogP contribution in [-0.2, 0) is 6.61 Å². The van der Waals surface area contributed by atoms with Gasteiger partial charge in [-0.3, -0.25) is 0 Å². The molecule has 0 radical (unpaired) electrons. The molecule has 1 aromatic carbocycles. The number of aliphatic hydroxyl groups is 1. The molecule has 0 aliphatic rings. The highest BCUT2D eigenvalue weighted by Crippen LogP contribution is 2.13. The highest BCUT2D eigenvalue weighted by atomic mass is 79.9. The predicted octanol–water partition coefficient (Wildman–Crippen LogP) is 2.13. The second-order valence-corrected chi connectivity index (χ2v) is 3.84. The van der Waals surface area contributed by atoms with Crippen molar-refractivity contribution >= 4 is 15.9 Å². The summed E-state index contributed by atoms with van der Waals surface area (Å²) in [6.45, 7) is 0.0243. The van der Waals surface area contributed by atoms with Gasteiger partial charge in [0.25, 0.3) is 0 Å². The van der Waals surface area contributed by atoms with E-state index in [9.17, 15) is 0 Å². The fourth-order valence-corrected chi connectivity index (χ4v) is 1.44. The van der Waals surface area contributed by atoms with Crippen molar-refractivity contribution in [2.45, 2.75) is 6.61 Å². The Hall–Kier alpha value is -1.13. The number of hydrogen-bond donors (Lipinski definition) is 1. The number of aliphatic hydroxyl groups excluding tert-OH is 1. The largest absolute Gasteiger partial charge is 0.392 e. The molecular weight excluding hydrogens is 244 g/mol. The standard InChI is InChI=1S/C10H9BrN2O/c11-9-1-3-10(4-2-9)13-6-8(7-14)5-12-13/h1-6,14H,7H2. The number of halogens is 1. The summed E-state index contributed by atoms with van der Waals surface area (Å²) in [5, 5.41) is 13.0. The summed E-state index contributed by atoms with van der Waals surface area (Å²) in [6.07, 6.45) is 3.46. The van der Waals surface area contributed by atoms with E-state index in [-0.39, 0.29) is 6.61 Å². The van der Waals surface area contributed by atoms with Crippen LogP contribution in [0.2, 0.25) is 0 Å². The zero-order valence-corrected chi connectivity index (χ0v) is 8.98. The third-order valence-corrected chi connectivity index (χ3v) is 2.44. The minimum absolute atomic E-state index is 0.0243. The second-order valence-electron chi connectivity index (χ2n) is 2.93. The third kappa shape index (κ3) is 1.86. The summed E-state index contributed by atoms with van der Waals surface area (Å²) < 4.78 is 2.77. The van der Waals surface area contributed by atoms with Gasteiger partial charge in [-0.25, -0.2) is 4.68 Å². The number of nitrogens with zero attached hydrogens (tertiary/aromatic N) is 2. The average Bonchev–Trinajstić information content (AvgIpc) is 2.67. The van der Waals surface area contributed by atoms with E-state index in [4.69, 9.17) is 5.11 Å². The van der Waals surface area contributed by atoms with Crippen LogP contribution in [0.1, 0.15) is 5.56 Å². The van der Waals surface area contributed by atoms with Crippen LogP contribution < -0.4 is 0 Å². The van der Waals surface area contributed by atoms with Gasteiger partial charge < -0.3 is 5.11 Å². The smallest absolute Gasteiger partial charge is 0.0712 e. The van der Waals surface area contributed by atoms with Crippen molar-refractivity contribution in [3.8, 4) is 5.69 Å². The molecule has 2 aromatic rings. The maximum atomic E-state index is 8.88. The molecule has 0 aliphatic heterocycles. The van der Waals surface area contributed by atoms with Gasteiger partial charge in [-0.1, -0.05) is 15.9 Å². The first-order valence-electron chi connectivity index (χ1n) is 4.20.